The molecule has 1 saturated heterocycles. The lowest BCUT2D eigenvalue weighted by Gasteiger charge is -2.33. The number of β-amino-alcohol motifs (C(OH)–C–C–N with tert-alkyl or cyclic N) is 1. The van der Waals surface area contributed by atoms with Crippen molar-refractivity contribution >= 4 is 36.4 Å². The molecule has 1 rings (SSSR count). The minimum absolute atomic E-state index is 0.136. The molecule has 0 aromatic carbocycles. The highest BCUT2D eigenvalue weighted by molar-refractivity contribution is 7.80. The van der Waals surface area contributed by atoms with Gasteiger partial charge in [0, 0.05) is 65.3 Å². The second-order valence-electron chi connectivity index (χ2n) is 8.62. The first-order chi connectivity index (χ1) is 16.6. The van der Waals surface area contributed by atoms with E-state index in [0.717, 1.165) is 6.42 Å². The molecule has 0 amide bonds. The molecule has 1 aliphatic heterocycles. The first-order valence-corrected chi connectivity index (χ1v) is 12.3. The van der Waals surface area contributed by atoms with Gasteiger partial charge in [0.25, 0.3) is 0 Å². The number of aliphatic imine (C=N–C) groups is 1. The van der Waals surface area contributed by atoms with Crippen LogP contribution in [0.3, 0.4) is 0 Å². The van der Waals surface area contributed by atoms with Crippen LogP contribution in [0.1, 0.15) is 12.8 Å². The molecule has 1 heterocycles. The summed E-state index contributed by atoms with van der Waals surface area (Å²) in [5.74, 6) is -1.81. The zero-order valence-corrected chi connectivity index (χ0v) is 21.1. The minimum atomic E-state index is -0.999. The van der Waals surface area contributed by atoms with Crippen LogP contribution in [0, 0.1) is 0 Å². The van der Waals surface area contributed by atoms with Crippen molar-refractivity contribution in [2.45, 2.75) is 18.9 Å². The van der Waals surface area contributed by atoms with Gasteiger partial charge in [-0.2, -0.15) is 12.6 Å². The van der Waals surface area contributed by atoms with E-state index >= 15 is 0 Å². The largest absolute Gasteiger partial charge is 0.480 e. The summed E-state index contributed by atoms with van der Waals surface area (Å²) in [4.78, 5) is 45.3. The van der Waals surface area contributed by atoms with Crippen LogP contribution in [0.2, 0.25) is 0 Å². The van der Waals surface area contributed by atoms with Crippen molar-refractivity contribution in [3.8, 4) is 0 Å². The molecule has 0 aromatic heterocycles. The highest BCUT2D eigenvalue weighted by Gasteiger charge is 2.21. The molecule has 1 fully saturated rings. The van der Waals surface area contributed by atoms with Crippen LogP contribution < -0.4 is 5.73 Å². The lowest BCUT2D eigenvalue weighted by atomic mass is 10.2. The Labute approximate surface area is 211 Å². The number of nitrogens with two attached hydrogens (primary N) is 1. The molecule has 0 aliphatic carbocycles. The Morgan fingerprint density at radius 1 is 0.771 bits per heavy atom. The van der Waals surface area contributed by atoms with Crippen LogP contribution in [0.4, 0.5) is 0 Å². The molecule has 0 spiro atoms. The van der Waals surface area contributed by atoms with Crippen LogP contribution in [-0.2, 0) is 14.4 Å². The standard InChI is InChI=1S/C21H40N6O7S/c22-18(2-1-11-35)23-12-17(28)13-24-3-5-25(14-19(29)30)7-9-27(16-21(33)34)10-8-26(6-4-24)15-20(31)32/h17,28,35H,1-16H2,(H2,22,23)(H,29,30)(H,31,32)(H,33,34). The lowest BCUT2D eigenvalue weighted by molar-refractivity contribution is -0.140. The maximum Gasteiger partial charge on any atom is 0.317 e. The fraction of sp³-hybridized carbons (Fsp3) is 0.810. The predicted molar refractivity (Wildman–Crippen MR) is 134 cm³/mol. The molecular formula is C21H40N6O7S. The zero-order valence-electron chi connectivity index (χ0n) is 20.2. The average Bonchev–Trinajstić information content (AvgIpc) is 2.76. The van der Waals surface area contributed by atoms with E-state index in [1.807, 2.05) is 4.90 Å². The third-order valence-corrected chi connectivity index (χ3v) is 5.89. The fourth-order valence-electron chi connectivity index (χ4n) is 3.73. The van der Waals surface area contributed by atoms with Gasteiger partial charge in [-0.3, -0.25) is 39.0 Å². The van der Waals surface area contributed by atoms with Gasteiger partial charge in [-0.1, -0.05) is 0 Å². The second-order valence-corrected chi connectivity index (χ2v) is 9.07. The van der Waals surface area contributed by atoms with E-state index in [1.165, 1.54) is 0 Å². The minimum Gasteiger partial charge on any atom is -0.480 e. The van der Waals surface area contributed by atoms with E-state index in [1.54, 1.807) is 14.7 Å². The first-order valence-electron chi connectivity index (χ1n) is 11.7. The monoisotopic (exact) mass is 520 g/mol. The molecule has 6 N–H and O–H groups in total. The summed E-state index contributed by atoms with van der Waals surface area (Å²) in [5, 5.41) is 38.3. The van der Waals surface area contributed by atoms with Crippen LogP contribution >= 0.6 is 12.6 Å². The molecule has 14 heteroatoms. The van der Waals surface area contributed by atoms with E-state index in [0.29, 0.717) is 70.4 Å². The number of aliphatic hydroxyl groups excluding tert-OH is 1. The first kappa shape index (κ1) is 31.1. The summed E-state index contributed by atoms with van der Waals surface area (Å²) in [5.41, 5.74) is 5.85. The lowest BCUT2D eigenvalue weighted by Crippen LogP contribution is -2.49. The molecule has 13 nitrogen and oxygen atoms in total. The van der Waals surface area contributed by atoms with Gasteiger partial charge in [0.1, 0.15) is 0 Å². The van der Waals surface area contributed by atoms with Crippen molar-refractivity contribution in [3.05, 3.63) is 0 Å². The molecular weight excluding hydrogens is 480 g/mol. The van der Waals surface area contributed by atoms with Crippen LogP contribution in [0.15, 0.2) is 4.99 Å². The maximum atomic E-state index is 11.3. The number of amidine groups is 1. The number of nitrogens with zero attached hydrogens (tertiary/aromatic N) is 5. The van der Waals surface area contributed by atoms with E-state index in [2.05, 4.69) is 17.6 Å². The number of rotatable bonds is 13. The molecule has 1 aliphatic rings. The molecule has 0 saturated carbocycles. The van der Waals surface area contributed by atoms with E-state index in [4.69, 9.17) is 5.73 Å². The highest BCUT2D eigenvalue weighted by Crippen LogP contribution is 2.03. The number of aliphatic hydroxyl groups is 1. The van der Waals surface area contributed by atoms with E-state index < -0.39 is 24.0 Å². The number of carboxylic acids is 3. The van der Waals surface area contributed by atoms with Crippen molar-refractivity contribution in [2.75, 3.05) is 90.8 Å². The number of thiol groups is 1. The Kier molecular flexibility index (Phi) is 15.5. The number of carboxylic acid groups (broad SMARTS) is 3. The maximum absolute atomic E-state index is 11.3. The topological polar surface area (TPSA) is 183 Å². The Bertz CT molecular complexity index is 667. The zero-order chi connectivity index (χ0) is 26.2. The molecule has 0 aromatic rings. The molecule has 0 bridgehead atoms. The van der Waals surface area contributed by atoms with Gasteiger partial charge in [-0.15, -0.1) is 0 Å². The smallest absolute Gasteiger partial charge is 0.317 e. The van der Waals surface area contributed by atoms with E-state index in [-0.39, 0.29) is 32.7 Å². The van der Waals surface area contributed by atoms with Gasteiger partial charge in [0.05, 0.1) is 38.1 Å². The van der Waals surface area contributed by atoms with Crippen molar-refractivity contribution in [1.29, 1.82) is 0 Å². The van der Waals surface area contributed by atoms with Gasteiger partial charge < -0.3 is 26.2 Å². The summed E-state index contributed by atoms with van der Waals surface area (Å²) >= 11 is 4.14. The van der Waals surface area contributed by atoms with Gasteiger partial charge in [0.15, 0.2) is 0 Å². The van der Waals surface area contributed by atoms with Gasteiger partial charge in [-0.25, -0.2) is 0 Å². The van der Waals surface area contributed by atoms with Gasteiger partial charge in [-0.05, 0) is 12.2 Å². The van der Waals surface area contributed by atoms with Crippen molar-refractivity contribution < 1.29 is 34.8 Å². The molecule has 202 valence electrons. The number of hydrogen-bond donors (Lipinski definition) is 6. The van der Waals surface area contributed by atoms with Crippen molar-refractivity contribution in [3.63, 3.8) is 0 Å². The Morgan fingerprint density at radius 2 is 1.14 bits per heavy atom. The Morgan fingerprint density at radius 3 is 1.49 bits per heavy atom. The highest BCUT2D eigenvalue weighted by atomic mass is 32.1. The third kappa shape index (κ3) is 15.6. The van der Waals surface area contributed by atoms with Crippen LogP contribution in [0.5, 0.6) is 0 Å². The Balaban J connectivity index is 2.90. The summed E-state index contributed by atoms with van der Waals surface area (Å²) in [7, 11) is 0. The second kappa shape index (κ2) is 17.5. The molecule has 35 heavy (non-hydrogen) atoms. The summed E-state index contributed by atoms with van der Waals surface area (Å²) in [6.45, 7) is 2.88. The number of carbonyl (C=O) groups is 3. The molecule has 1 atom stereocenters. The quantitative estimate of drug-likeness (QED) is 0.0884. The van der Waals surface area contributed by atoms with Gasteiger partial charge >= 0.3 is 17.9 Å². The summed E-state index contributed by atoms with van der Waals surface area (Å²) in [6.07, 6.45) is 0.612. The summed E-state index contributed by atoms with van der Waals surface area (Å²) in [6, 6.07) is 0. The third-order valence-electron chi connectivity index (χ3n) is 5.57. The van der Waals surface area contributed by atoms with Gasteiger partial charge in [0.2, 0.25) is 0 Å². The molecule has 0 radical (unpaired) electrons. The van der Waals surface area contributed by atoms with Crippen LogP contribution in [-0.4, -0.2) is 161 Å². The predicted octanol–water partition coefficient (Wildman–Crippen LogP) is -2.11. The molecule has 1 unspecified atom stereocenters. The number of aliphatic carboxylic acids is 3. The Hall–Kier alpha value is -1.97. The van der Waals surface area contributed by atoms with Crippen molar-refractivity contribution in [1.82, 2.24) is 19.6 Å². The summed E-state index contributed by atoms with van der Waals surface area (Å²) < 4.78 is 0. The normalized spacial score (nSPS) is 19.5. The van der Waals surface area contributed by atoms with Crippen molar-refractivity contribution in [2.24, 2.45) is 10.7 Å². The number of hydrogen-bond acceptors (Lipinski definition) is 10. The average molecular weight is 521 g/mol. The van der Waals surface area contributed by atoms with Crippen LogP contribution in [0.25, 0.3) is 0 Å². The fourth-order valence-corrected chi connectivity index (χ4v) is 3.89. The SMILES string of the molecule is NC(CCCS)=NCC(O)CN1CCN(CC(=O)O)CCN(CC(=O)O)CCN(CC(=O)O)CC1. The van der Waals surface area contributed by atoms with E-state index in [9.17, 15) is 34.8 Å².